The van der Waals surface area contributed by atoms with Crippen LogP contribution in [0.15, 0.2) is 0 Å². The molecule has 19 heteroatoms. The molecule has 0 bridgehead atoms. The van der Waals surface area contributed by atoms with Crippen molar-refractivity contribution >= 4 is 39.5 Å². The Kier molecular flexibility index (Phi) is 66.2. The summed E-state index contributed by atoms with van der Waals surface area (Å²) in [5, 5.41) is 10.6. The van der Waals surface area contributed by atoms with E-state index in [0.717, 1.165) is 108 Å². The molecule has 0 aromatic heterocycles. The van der Waals surface area contributed by atoms with Crippen LogP contribution in [-0.4, -0.2) is 96.7 Å². The number of phosphoric ester groups is 2. The van der Waals surface area contributed by atoms with Gasteiger partial charge in [0.15, 0.2) is 12.2 Å². The molecule has 0 saturated heterocycles. The summed E-state index contributed by atoms with van der Waals surface area (Å²) in [5.41, 5.74) is 0. The molecule has 0 amide bonds. The van der Waals surface area contributed by atoms with Crippen molar-refractivity contribution in [2.75, 3.05) is 39.6 Å². The van der Waals surface area contributed by atoms with Crippen molar-refractivity contribution in [1.29, 1.82) is 0 Å². The van der Waals surface area contributed by atoms with Crippen LogP contribution in [0, 0.1) is 17.8 Å². The van der Waals surface area contributed by atoms with Crippen LogP contribution >= 0.6 is 15.6 Å². The average Bonchev–Trinajstić information content (AvgIpc) is 1.73. The maximum absolute atomic E-state index is 13.1. The Balaban J connectivity index is 5.20. The molecule has 3 N–H and O–H groups in total. The fraction of sp³-hybridized carbons (Fsp3) is 0.948. The molecule has 5 atom stereocenters. The van der Waals surface area contributed by atoms with Crippen LogP contribution < -0.4 is 0 Å². The Bertz CT molecular complexity index is 1870. The van der Waals surface area contributed by atoms with Gasteiger partial charge in [-0.05, 0) is 43.4 Å². The summed E-state index contributed by atoms with van der Waals surface area (Å²) in [6, 6.07) is 0. The number of aliphatic hydroxyl groups is 1. The first-order chi connectivity index (χ1) is 46.2. The average molecular weight is 1410 g/mol. The highest BCUT2D eigenvalue weighted by Crippen LogP contribution is 2.45. The zero-order chi connectivity index (χ0) is 70.9. The first-order valence-electron chi connectivity index (χ1n) is 39.8. The van der Waals surface area contributed by atoms with Crippen LogP contribution in [0.3, 0.4) is 0 Å². The SMILES string of the molecule is CCCCCCCCCCCCCCCC(=O)O[C@H](COC(=O)CCCCCCCCC(C)C)COP(=O)(O)OC[C@H](O)COP(=O)(O)OC[C@@H](COC(=O)CCCCCCCCCCCCC(C)C)OC(=O)CCCCCCCCCCCCCCCCCCCCC(C)C. The molecule has 0 aliphatic rings. The fourth-order valence-corrected chi connectivity index (χ4v) is 13.4. The van der Waals surface area contributed by atoms with E-state index < -0.39 is 97.5 Å². The van der Waals surface area contributed by atoms with Gasteiger partial charge in [-0.1, -0.05) is 344 Å². The molecule has 0 radical (unpaired) electrons. The van der Waals surface area contributed by atoms with Crippen LogP contribution in [0.2, 0.25) is 0 Å². The van der Waals surface area contributed by atoms with Gasteiger partial charge in [-0.25, -0.2) is 9.13 Å². The number of unbranched alkanes of at least 4 members (excludes halogenated alkanes) is 43. The largest absolute Gasteiger partial charge is 0.472 e. The predicted octanol–water partition coefficient (Wildman–Crippen LogP) is 22.6. The van der Waals surface area contributed by atoms with Gasteiger partial charge in [0, 0.05) is 25.7 Å². The predicted molar refractivity (Wildman–Crippen MR) is 391 cm³/mol. The maximum atomic E-state index is 13.1. The molecule has 17 nitrogen and oxygen atoms in total. The lowest BCUT2D eigenvalue weighted by Gasteiger charge is -2.21. The normalized spacial score (nSPS) is 14.1. The highest BCUT2D eigenvalue weighted by atomic mass is 31.2. The van der Waals surface area contributed by atoms with Crippen LogP contribution in [0.4, 0.5) is 0 Å². The lowest BCUT2D eigenvalue weighted by atomic mass is 10.0. The molecule has 0 fully saturated rings. The highest BCUT2D eigenvalue weighted by molar-refractivity contribution is 7.47. The first-order valence-corrected chi connectivity index (χ1v) is 42.8. The molecule has 0 aromatic rings. The number of carbonyl (C=O) groups is 4. The number of phosphoric acid groups is 2. The second-order valence-corrected chi connectivity index (χ2v) is 32.1. The summed E-state index contributed by atoms with van der Waals surface area (Å²) in [7, 11) is -9.91. The van der Waals surface area contributed by atoms with Crippen LogP contribution in [0.25, 0.3) is 0 Å². The molecule has 0 aliphatic heterocycles. The molecule has 0 aliphatic carbocycles. The summed E-state index contributed by atoms with van der Waals surface area (Å²) in [4.78, 5) is 72.8. The van der Waals surface area contributed by atoms with Gasteiger partial charge >= 0.3 is 39.5 Å². The first kappa shape index (κ1) is 94.1. The monoisotopic (exact) mass is 1410 g/mol. The van der Waals surface area contributed by atoms with Gasteiger partial charge in [0.2, 0.25) is 0 Å². The summed E-state index contributed by atoms with van der Waals surface area (Å²) < 4.78 is 68.5. The standard InChI is InChI=1S/C77H150O17P2/c1-8-9-10-11-12-13-14-21-25-32-37-46-53-60-77(82)94-73(65-88-75(80)59-52-45-40-39-43-50-57-70(6)7)67-92-96(85,86)90-63-71(78)62-89-95(83,84)91-66-72(64-87-74(79)58-51-44-36-31-28-27-30-35-42-49-56-69(4)5)93-76(81)61-54-47-38-33-26-23-20-18-16-15-17-19-22-24-29-34-41-48-55-68(2)3/h68-73,78H,8-67H2,1-7H3,(H,83,84)(H,85,86)/t71-,72-,73-/m1/s1. The molecule has 0 heterocycles. The number of aliphatic hydroxyl groups excluding tert-OH is 1. The van der Waals surface area contributed by atoms with Crippen molar-refractivity contribution in [3.8, 4) is 0 Å². The Labute approximate surface area is 588 Å². The second-order valence-electron chi connectivity index (χ2n) is 29.2. The smallest absolute Gasteiger partial charge is 0.462 e. The third-order valence-corrected chi connectivity index (χ3v) is 19.8. The zero-order valence-electron chi connectivity index (χ0n) is 62.8. The topological polar surface area (TPSA) is 237 Å². The molecule has 0 spiro atoms. The van der Waals surface area contributed by atoms with Crippen molar-refractivity contribution < 1.29 is 80.2 Å². The molecule has 96 heavy (non-hydrogen) atoms. The van der Waals surface area contributed by atoms with Gasteiger partial charge in [0.05, 0.1) is 26.4 Å². The molecule has 0 saturated carbocycles. The second kappa shape index (κ2) is 67.5. The molecule has 0 aromatic carbocycles. The number of hydrogen-bond acceptors (Lipinski definition) is 15. The number of esters is 4. The van der Waals surface area contributed by atoms with Crippen molar-refractivity contribution in [3.05, 3.63) is 0 Å². The molecular formula is C77H150O17P2. The third-order valence-electron chi connectivity index (χ3n) is 17.9. The minimum atomic E-state index is -4.96. The number of rotatable bonds is 75. The summed E-state index contributed by atoms with van der Waals surface area (Å²) in [6.07, 6.45) is 54.3. The van der Waals surface area contributed by atoms with Gasteiger partial charge in [-0.2, -0.15) is 0 Å². The quantitative estimate of drug-likeness (QED) is 0.0222. The maximum Gasteiger partial charge on any atom is 0.472 e. The Morgan fingerprint density at radius 1 is 0.281 bits per heavy atom. The van der Waals surface area contributed by atoms with E-state index in [1.54, 1.807) is 0 Å². The summed E-state index contributed by atoms with van der Waals surface area (Å²) in [5.74, 6) is 0.140. The zero-order valence-corrected chi connectivity index (χ0v) is 64.6. The minimum absolute atomic E-state index is 0.106. The van der Waals surface area contributed by atoms with Crippen LogP contribution in [0.1, 0.15) is 395 Å². The van der Waals surface area contributed by atoms with Crippen LogP contribution in [0.5, 0.6) is 0 Å². The van der Waals surface area contributed by atoms with E-state index in [9.17, 15) is 43.2 Å². The van der Waals surface area contributed by atoms with E-state index in [-0.39, 0.29) is 25.7 Å². The van der Waals surface area contributed by atoms with Crippen molar-refractivity contribution in [2.45, 2.75) is 414 Å². The summed E-state index contributed by atoms with van der Waals surface area (Å²) >= 11 is 0. The molecule has 2 unspecified atom stereocenters. The Hall–Kier alpha value is -1.94. The van der Waals surface area contributed by atoms with Gasteiger partial charge in [0.1, 0.15) is 19.3 Å². The van der Waals surface area contributed by atoms with Crippen LogP contribution in [-0.2, 0) is 65.4 Å². The molecule has 570 valence electrons. The number of hydrogen-bond donors (Lipinski definition) is 3. The third kappa shape index (κ3) is 70.5. The van der Waals surface area contributed by atoms with E-state index in [0.29, 0.717) is 31.6 Å². The van der Waals surface area contributed by atoms with Gasteiger partial charge < -0.3 is 33.8 Å². The van der Waals surface area contributed by atoms with E-state index in [1.807, 2.05) is 0 Å². The number of ether oxygens (including phenoxy) is 4. The van der Waals surface area contributed by atoms with E-state index in [1.165, 1.54) is 199 Å². The van der Waals surface area contributed by atoms with Gasteiger partial charge in [0.25, 0.3) is 0 Å². The van der Waals surface area contributed by atoms with E-state index in [2.05, 4.69) is 48.5 Å². The molecule has 0 rings (SSSR count). The van der Waals surface area contributed by atoms with Crippen molar-refractivity contribution in [1.82, 2.24) is 0 Å². The van der Waals surface area contributed by atoms with Crippen molar-refractivity contribution in [2.24, 2.45) is 17.8 Å². The minimum Gasteiger partial charge on any atom is -0.462 e. The lowest BCUT2D eigenvalue weighted by molar-refractivity contribution is -0.161. The Morgan fingerprint density at radius 3 is 0.708 bits per heavy atom. The summed E-state index contributed by atoms with van der Waals surface area (Å²) in [6.45, 7) is 11.9. The van der Waals surface area contributed by atoms with Gasteiger partial charge in [-0.15, -0.1) is 0 Å². The van der Waals surface area contributed by atoms with E-state index in [4.69, 9.17) is 37.0 Å². The Morgan fingerprint density at radius 2 is 0.479 bits per heavy atom. The molecular weight excluding hydrogens is 1260 g/mol. The highest BCUT2D eigenvalue weighted by Gasteiger charge is 2.30. The fourth-order valence-electron chi connectivity index (χ4n) is 11.8. The van der Waals surface area contributed by atoms with E-state index >= 15 is 0 Å². The van der Waals surface area contributed by atoms with Crippen molar-refractivity contribution in [3.63, 3.8) is 0 Å². The lowest BCUT2D eigenvalue weighted by Crippen LogP contribution is -2.30. The number of carbonyl (C=O) groups excluding carboxylic acids is 4. The van der Waals surface area contributed by atoms with Gasteiger partial charge in [-0.3, -0.25) is 37.3 Å².